The maximum atomic E-state index is 11.9. The van der Waals surface area contributed by atoms with Gasteiger partial charge in [0.05, 0.1) is 11.1 Å². The van der Waals surface area contributed by atoms with Crippen LogP contribution in [0.1, 0.15) is 46.5 Å². The minimum absolute atomic E-state index is 0.100. The second-order valence-corrected chi connectivity index (χ2v) is 8.15. The largest absolute Gasteiger partial charge is 0.489 e. The van der Waals surface area contributed by atoms with E-state index in [2.05, 4.69) is 10.3 Å². The number of amides is 1. The molecule has 1 aromatic carbocycles. The zero-order valence-electron chi connectivity index (χ0n) is 15.4. The molecule has 0 unspecified atom stereocenters. The number of hydrogen-bond acceptors (Lipinski definition) is 4. The number of benzene rings is 1. The van der Waals surface area contributed by atoms with Crippen LogP contribution in [0.2, 0.25) is 5.02 Å². The average molecular weight is 377 g/mol. The standard InChI is InChI=1S/C20H25ClN2O3/c1-20(2,3)26-19(24)23-15-4-6-16(7-5-15)25-18-11-13-8-9-22-12-14(13)10-17(18)21/h8-12,15-16H,4-7H2,1-3H3,(H,23,24). The predicted molar refractivity (Wildman–Crippen MR) is 103 cm³/mol. The van der Waals surface area contributed by atoms with Crippen molar-refractivity contribution in [1.82, 2.24) is 10.3 Å². The molecule has 6 heteroatoms. The number of fused-ring (bicyclic) bond motifs is 1. The molecule has 1 aromatic heterocycles. The Morgan fingerprint density at radius 2 is 1.92 bits per heavy atom. The normalized spacial score (nSPS) is 20.6. The van der Waals surface area contributed by atoms with Crippen LogP contribution in [0.3, 0.4) is 0 Å². The molecule has 1 saturated carbocycles. The smallest absolute Gasteiger partial charge is 0.407 e. The van der Waals surface area contributed by atoms with E-state index in [4.69, 9.17) is 21.1 Å². The SMILES string of the molecule is CC(C)(C)OC(=O)NC1CCC(Oc2cc3ccncc3cc2Cl)CC1. The number of carbonyl (C=O) groups excluding carboxylic acids is 1. The molecule has 1 heterocycles. The van der Waals surface area contributed by atoms with Crippen LogP contribution in [0.25, 0.3) is 10.8 Å². The fourth-order valence-electron chi connectivity index (χ4n) is 3.16. The maximum absolute atomic E-state index is 11.9. The summed E-state index contributed by atoms with van der Waals surface area (Å²) in [6, 6.07) is 5.92. The first-order valence-corrected chi connectivity index (χ1v) is 9.37. The van der Waals surface area contributed by atoms with E-state index in [1.807, 2.05) is 39.0 Å². The highest BCUT2D eigenvalue weighted by Gasteiger charge is 2.26. The van der Waals surface area contributed by atoms with E-state index in [9.17, 15) is 4.79 Å². The Morgan fingerprint density at radius 3 is 2.62 bits per heavy atom. The molecule has 3 rings (SSSR count). The topological polar surface area (TPSA) is 60.5 Å². The third-order valence-corrected chi connectivity index (χ3v) is 4.68. The maximum Gasteiger partial charge on any atom is 0.407 e. The second-order valence-electron chi connectivity index (χ2n) is 7.74. The summed E-state index contributed by atoms with van der Waals surface area (Å²) >= 11 is 6.36. The Balaban J connectivity index is 1.54. The van der Waals surface area contributed by atoms with Crippen LogP contribution >= 0.6 is 11.6 Å². The molecule has 1 N–H and O–H groups in total. The molecule has 26 heavy (non-hydrogen) atoms. The molecule has 0 atom stereocenters. The molecule has 1 amide bonds. The first-order valence-electron chi connectivity index (χ1n) is 8.99. The van der Waals surface area contributed by atoms with Crippen molar-refractivity contribution in [2.24, 2.45) is 0 Å². The zero-order chi connectivity index (χ0) is 18.7. The van der Waals surface area contributed by atoms with Crippen molar-refractivity contribution in [2.45, 2.75) is 64.2 Å². The molecule has 1 aliphatic carbocycles. The van der Waals surface area contributed by atoms with E-state index in [-0.39, 0.29) is 18.2 Å². The summed E-state index contributed by atoms with van der Waals surface area (Å²) in [6.07, 6.45) is 6.75. The fourth-order valence-corrected chi connectivity index (χ4v) is 3.37. The molecule has 1 aliphatic rings. The van der Waals surface area contributed by atoms with E-state index in [0.29, 0.717) is 10.8 Å². The Bertz CT molecular complexity index is 780. The van der Waals surface area contributed by atoms with Gasteiger partial charge >= 0.3 is 6.09 Å². The summed E-state index contributed by atoms with van der Waals surface area (Å²) in [7, 11) is 0. The van der Waals surface area contributed by atoms with E-state index >= 15 is 0 Å². The number of nitrogens with zero attached hydrogens (tertiary/aromatic N) is 1. The summed E-state index contributed by atoms with van der Waals surface area (Å²) in [5, 5.41) is 5.59. The fraction of sp³-hybridized carbons (Fsp3) is 0.500. The van der Waals surface area contributed by atoms with E-state index < -0.39 is 5.60 Å². The van der Waals surface area contributed by atoms with Crippen LogP contribution < -0.4 is 10.1 Å². The van der Waals surface area contributed by atoms with Crippen molar-refractivity contribution < 1.29 is 14.3 Å². The first-order chi connectivity index (χ1) is 12.3. The van der Waals surface area contributed by atoms with Crippen molar-refractivity contribution in [3.8, 4) is 5.75 Å². The van der Waals surface area contributed by atoms with Crippen molar-refractivity contribution in [1.29, 1.82) is 0 Å². The third-order valence-electron chi connectivity index (χ3n) is 4.38. The van der Waals surface area contributed by atoms with Crippen molar-refractivity contribution in [3.05, 3.63) is 35.6 Å². The van der Waals surface area contributed by atoms with Crippen LogP contribution in [0.15, 0.2) is 30.6 Å². The predicted octanol–water partition coefficient (Wildman–Crippen LogP) is 5.10. The van der Waals surface area contributed by atoms with Crippen LogP contribution in [0, 0.1) is 0 Å². The van der Waals surface area contributed by atoms with Gasteiger partial charge in [0, 0.05) is 23.8 Å². The molecule has 0 saturated heterocycles. The second kappa shape index (κ2) is 7.70. The number of aromatic nitrogens is 1. The number of nitrogens with one attached hydrogen (secondary N) is 1. The number of pyridine rings is 1. The zero-order valence-corrected chi connectivity index (χ0v) is 16.2. The molecular weight excluding hydrogens is 352 g/mol. The first kappa shape index (κ1) is 18.8. The monoisotopic (exact) mass is 376 g/mol. The molecule has 140 valence electrons. The number of hydrogen-bond donors (Lipinski definition) is 1. The van der Waals surface area contributed by atoms with Gasteiger partial charge in [-0.2, -0.15) is 0 Å². The summed E-state index contributed by atoms with van der Waals surface area (Å²) < 4.78 is 11.4. The number of alkyl carbamates (subject to hydrolysis) is 1. The molecule has 0 bridgehead atoms. The highest BCUT2D eigenvalue weighted by molar-refractivity contribution is 6.32. The Labute approximate surface area is 159 Å². The van der Waals surface area contributed by atoms with Crippen LogP contribution in [-0.4, -0.2) is 28.8 Å². The van der Waals surface area contributed by atoms with Gasteiger partial charge in [-0.05, 0) is 70.0 Å². The number of halogens is 1. The van der Waals surface area contributed by atoms with Gasteiger partial charge in [-0.3, -0.25) is 4.98 Å². The average Bonchev–Trinajstić information content (AvgIpc) is 2.55. The third kappa shape index (κ3) is 5.01. The van der Waals surface area contributed by atoms with Gasteiger partial charge in [0.2, 0.25) is 0 Å². The molecular formula is C20H25ClN2O3. The van der Waals surface area contributed by atoms with Gasteiger partial charge < -0.3 is 14.8 Å². The van der Waals surface area contributed by atoms with Crippen molar-refractivity contribution in [3.63, 3.8) is 0 Å². The molecule has 2 aromatic rings. The lowest BCUT2D eigenvalue weighted by Crippen LogP contribution is -2.42. The summed E-state index contributed by atoms with van der Waals surface area (Å²) in [4.78, 5) is 16.0. The highest BCUT2D eigenvalue weighted by atomic mass is 35.5. The quantitative estimate of drug-likeness (QED) is 0.809. The Hall–Kier alpha value is -2.01. The Morgan fingerprint density at radius 1 is 1.19 bits per heavy atom. The van der Waals surface area contributed by atoms with Gasteiger partial charge in [0.25, 0.3) is 0 Å². The van der Waals surface area contributed by atoms with Gasteiger partial charge in [0.15, 0.2) is 0 Å². The molecule has 0 radical (unpaired) electrons. The van der Waals surface area contributed by atoms with E-state index in [1.165, 1.54) is 0 Å². The van der Waals surface area contributed by atoms with Gasteiger partial charge in [0.1, 0.15) is 11.4 Å². The van der Waals surface area contributed by atoms with E-state index in [1.54, 1.807) is 12.4 Å². The van der Waals surface area contributed by atoms with Crippen LogP contribution in [0.4, 0.5) is 4.79 Å². The minimum atomic E-state index is -0.479. The van der Waals surface area contributed by atoms with E-state index in [0.717, 1.165) is 36.5 Å². The van der Waals surface area contributed by atoms with Gasteiger partial charge in [-0.15, -0.1) is 0 Å². The van der Waals surface area contributed by atoms with Crippen LogP contribution in [-0.2, 0) is 4.74 Å². The highest BCUT2D eigenvalue weighted by Crippen LogP contribution is 2.32. The lowest BCUT2D eigenvalue weighted by Gasteiger charge is -2.30. The number of rotatable bonds is 3. The minimum Gasteiger partial charge on any atom is -0.489 e. The van der Waals surface area contributed by atoms with Crippen molar-refractivity contribution >= 4 is 28.5 Å². The summed E-state index contributed by atoms with van der Waals surface area (Å²) in [5.41, 5.74) is -0.479. The molecule has 1 fully saturated rings. The van der Waals surface area contributed by atoms with Gasteiger partial charge in [-0.1, -0.05) is 11.6 Å². The lowest BCUT2D eigenvalue weighted by atomic mass is 9.93. The van der Waals surface area contributed by atoms with Gasteiger partial charge in [-0.25, -0.2) is 4.79 Å². The molecule has 0 aliphatic heterocycles. The molecule has 5 nitrogen and oxygen atoms in total. The number of ether oxygens (including phenoxy) is 2. The van der Waals surface area contributed by atoms with Crippen LogP contribution in [0.5, 0.6) is 5.75 Å². The Kier molecular flexibility index (Phi) is 5.56. The van der Waals surface area contributed by atoms with Crippen molar-refractivity contribution in [2.75, 3.05) is 0 Å². The summed E-state index contributed by atoms with van der Waals surface area (Å²) in [6.45, 7) is 5.59. The lowest BCUT2D eigenvalue weighted by molar-refractivity contribution is 0.0471. The number of carbonyl (C=O) groups is 1. The molecule has 0 spiro atoms. The summed E-state index contributed by atoms with van der Waals surface area (Å²) in [5.74, 6) is 0.703.